The maximum absolute atomic E-state index is 11.0. The molecule has 6 nitrogen and oxygen atoms in total. The molecule has 0 spiro atoms. The Morgan fingerprint density at radius 3 is 2.71 bits per heavy atom. The highest BCUT2D eigenvalue weighted by Gasteiger charge is 2.40. The smallest absolute Gasteiger partial charge is 0.276 e. The lowest BCUT2D eigenvalue weighted by atomic mass is 9.97. The van der Waals surface area contributed by atoms with Gasteiger partial charge in [-0.15, -0.1) is 0 Å². The minimum atomic E-state index is -3.48. The van der Waals surface area contributed by atoms with Crippen LogP contribution in [0.5, 0.6) is 0 Å². The van der Waals surface area contributed by atoms with Crippen molar-refractivity contribution in [1.82, 2.24) is 9.44 Å². The van der Waals surface area contributed by atoms with Gasteiger partial charge in [0.15, 0.2) is 0 Å². The number of ether oxygens (including phenoxy) is 1. The van der Waals surface area contributed by atoms with E-state index in [-0.39, 0.29) is 12.6 Å². The average Bonchev–Trinajstić information content (AvgIpc) is 2.45. The van der Waals surface area contributed by atoms with E-state index in [0.29, 0.717) is 13.0 Å². The summed E-state index contributed by atoms with van der Waals surface area (Å²) in [6, 6.07) is 0. The van der Waals surface area contributed by atoms with E-state index < -0.39 is 15.8 Å². The molecule has 1 aliphatic heterocycles. The van der Waals surface area contributed by atoms with Gasteiger partial charge in [-0.05, 0) is 6.92 Å². The summed E-state index contributed by atoms with van der Waals surface area (Å²) in [6.07, 6.45) is 0.0995. The first-order chi connectivity index (χ1) is 6.40. The Morgan fingerprint density at radius 1 is 1.64 bits per heavy atom. The molecule has 0 aromatic rings. The van der Waals surface area contributed by atoms with Gasteiger partial charge in [-0.2, -0.15) is 13.1 Å². The third-order valence-corrected chi connectivity index (χ3v) is 3.56. The summed E-state index contributed by atoms with van der Waals surface area (Å²) in [5.41, 5.74) is -1.09. The van der Waals surface area contributed by atoms with Gasteiger partial charge >= 0.3 is 0 Å². The Labute approximate surface area is 83.8 Å². The van der Waals surface area contributed by atoms with Crippen molar-refractivity contribution in [1.29, 1.82) is 0 Å². The summed E-state index contributed by atoms with van der Waals surface area (Å²) in [6.45, 7) is 2.15. The van der Waals surface area contributed by atoms with Crippen LogP contribution in [0.2, 0.25) is 0 Å². The molecule has 3 N–H and O–H groups in total. The molecule has 0 saturated carbocycles. The van der Waals surface area contributed by atoms with E-state index in [9.17, 15) is 13.5 Å². The highest BCUT2D eigenvalue weighted by Crippen LogP contribution is 2.24. The first kappa shape index (κ1) is 11.9. The molecule has 1 heterocycles. The number of aliphatic hydroxyl groups is 1. The van der Waals surface area contributed by atoms with E-state index in [1.54, 1.807) is 6.92 Å². The molecule has 0 aliphatic carbocycles. The monoisotopic (exact) mass is 224 g/mol. The fourth-order valence-electron chi connectivity index (χ4n) is 1.30. The van der Waals surface area contributed by atoms with Gasteiger partial charge in [0, 0.05) is 26.6 Å². The van der Waals surface area contributed by atoms with Crippen LogP contribution in [0.25, 0.3) is 0 Å². The lowest BCUT2D eigenvalue weighted by Crippen LogP contribution is -2.49. The third-order valence-electron chi connectivity index (χ3n) is 2.50. The first-order valence-corrected chi connectivity index (χ1v) is 5.90. The van der Waals surface area contributed by atoms with Crippen molar-refractivity contribution in [2.24, 2.45) is 0 Å². The zero-order valence-corrected chi connectivity index (χ0v) is 9.10. The molecule has 2 atom stereocenters. The molecule has 1 fully saturated rings. The largest absolute Gasteiger partial charge is 0.386 e. The van der Waals surface area contributed by atoms with E-state index in [1.807, 2.05) is 0 Å². The van der Waals surface area contributed by atoms with Gasteiger partial charge in [0.2, 0.25) is 0 Å². The summed E-state index contributed by atoms with van der Waals surface area (Å²) in [7, 11) is -2.18. The van der Waals surface area contributed by atoms with Gasteiger partial charge in [0.25, 0.3) is 10.2 Å². The van der Waals surface area contributed by atoms with Gasteiger partial charge in [-0.3, -0.25) is 0 Å². The second kappa shape index (κ2) is 4.11. The van der Waals surface area contributed by atoms with Crippen molar-refractivity contribution < 1.29 is 18.3 Å². The first-order valence-electron chi connectivity index (χ1n) is 4.42. The second-order valence-corrected chi connectivity index (χ2v) is 5.10. The van der Waals surface area contributed by atoms with Crippen LogP contribution < -0.4 is 9.44 Å². The molecule has 0 radical (unpaired) electrons. The SMILES string of the molecule is CNS(=O)(=O)NCC1(O)CCOC1C. The molecule has 84 valence electrons. The van der Waals surface area contributed by atoms with Gasteiger partial charge in [-0.25, -0.2) is 4.72 Å². The third kappa shape index (κ3) is 2.64. The number of hydrogen-bond acceptors (Lipinski definition) is 4. The van der Waals surface area contributed by atoms with E-state index in [4.69, 9.17) is 4.74 Å². The van der Waals surface area contributed by atoms with Crippen molar-refractivity contribution in [3.05, 3.63) is 0 Å². The van der Waals surface area contributed by atoms with Crippen LogP contribution in [0.4, 0.5) is 0 Å². The zero-order valence-electron chi connectivity index (χ0n) is 8.28. The quantitative estimate of drug-likeness (QED) is 0.547. The standard InChI is InChI=1S/C7H16N2O4S/c1-6-7(10,3-4-13-6)5-9-14(11,12)8-2/h6,8-10H,3-5H2,1-2H3. The van der Waals surface area contributed by atoms with Crippen LogP contribution in [0.15, 0.2) is 0 Å². The number of hydrogen-bond donors (Lipinski definition) is 3. The highest BCUT2D eigenvalue weighted by atomic mass is 32.2. The van der Waals surface area contributed by atoms with Crippen molar-refractivity contribution in [2.45, 2.75) is 25.0 Å². The van der Waals surface area contributed by atoms with Gasteiger partial charge in [0.05, 0.1) is 6.10 Å². The summed E-state index contributed by atoms with van der Waals surface area (Å²) < 4.78 is 31.6. The molecule has 1 rings (SSSR count). The molecule has 0 bridgehead atoms. The molecular formula is C7H16N2O4S. The van der Waals surface area contributed by atoms with Crippen LogP contribution in [0.1, 0.15) is 13.3 Å². The fourth-order valence-corrected chi connectivity index (χ4v) is 1.88. The number of rotatable bonds is 4. The van der Waals surface area contributed by atoms with Gasteiger partial charge < -0.3 is 9.84 Å². The normalized spacial score (nSPS) is 33.5. The average molecular weight is 224 g/mol. The number of nitrogens with one attached hydrogen (secondary N) is 2. The fraction of sp³-hybridized carbons (Fsp3) is 1.00. The summed E-state index contributed by atoms with van der Waals surface area (Å²) >= 11 is 0. The maximum Gasteiger partial charge on any atom is 0.276 e. The summed E-state index contributed by atoms with van der Waals surface area (Å²) in [5, 5.41) is 9.94. The molecule has 1 aliphatic rings. The molecule has 0 amide bonds. The minimum Gasteiger partial charge on any atom is -0.386 e. The summed E-state index contributed by atoms with van der Waals surface area (Å²) in [5.74, 6) is 0. The second-order valence-electron chi connectivity index (χ2n) is 3.40. The maximum atomic E-state index is 11.0. The van der Waals surface area contributed by atoms with Crippen LogP contribution in [-0.4, -0.2) is 45.4 Å². The molecular weight excluding hydrogens is 208 g/mol. The summed E-state index contributed by atoms with van der Waals surface area (Å²) in [4.78, 5) is 0. The molecule has 0 aromatic heterocycles. The molecule has 2 unspecified atom stereocenters. The predicted octanol–water partition coefficient (Wildman–Crippen LogP) is -1.42. The van der Waals surface area contributed by atoms with E-state index in [1.165, 1.54) is 7.05 Å². The lowest BCUT2D eigenvalue weighted by molar-refractivity contribution is -0.0228. The Morgan fingerprint density at radius 2 is 2.29 bits per heavy atom. The van der Waals surface area contributed by atoms with E-state index >= 15 is 0 Å². The van der Waals surface area contributed by atoms with Crippen LogP contribution in [0.3, 0.4) is 0 Å². The lowest BCUT2D eigenvalue weighted by Gasteiger charge is -2.25. The molecule has 0 aromatic carbocycles. The van der Waals surface area contributed by atoms with Gasteiger partial charge in [0.1, 0.15) is 5.60 Å². The van der Waals surface area contributed by atoms with Gasteiger partial charge in [-0.1, -0.05) is 0 Å². The van der Waals surface area contributed by atoms with Crippen molar-refractivity contribution >= 4 is 10.2 Å². The van der Waals surface area contributed by atoms with Crippen molar-refractivity contribution in [3.8, 4) is 0 Å². The molecule has 1 saturated heterocycles. The topological polar surface area (TPSA) is 87.7 Å². The van der Waals surface area contributed by atoms with Crippen LogP contribution in [-0.2, 0) is 14.9 Å². The van der Waals surface area contributed by atoms with Crippen LogP contribution in [0, 0.1) is 0 Å². The Kier molecular flexibility index (Phi) is 3.49. The predicted molar refractivity (Wildman–Crippen MR) is 51.0 cm³/mol. The minimum absolute atomic E-state index is 0.0304. The van der Waals surface area contributed by atoms with Crippen molar-refractivity contribution in [2.75, 3.05) is 20.2 Å². The zero-order chi connectivity index (χ0) is 10.8. The van der Waals surface area contributed by atoms with E-state index in [0.717, 1.165) is 0 Å². The Balaban J connectivity index is 2.52. The highest BCUT2D eigenvalue weighted by molar-refractivity contribution is 7.87. The molecule has 14 heavy (non-hydrogen) atoms. The van der Waals surface area contributed by atoms with Crippen molar-refractivity contribution in [3.63, 3.8) is 0 Å². The van der Waals surface area contributed by atoms with Crippen LogP contribution >= 0.6 is 0 Å². The Hall–Kier alpha value is -0.210. The van der Waals surface area contributed by atoms with E-state index in [2.05, 4.69) is 9.44 Å². The molecule has 7 heteroatoms. The Bertz CT molecular complexity index is 292.